The standard InChI is InChI=1S/C14H10BrNO4/c1-9-12(16(18)19)3-2-4-13(9)20-14-6-5-11(15)7-10(14)8-17/h2-8H,1H3. The SMILES string of the molecule is Cc1c(Oc2ccc(Br)cc2C=O)cccc1[N+](=O)[O-]. The number of nitro groups is 1. The van der Waals surface area contributed by atoms with E-state index in [1.165, 1.54) is 6.07 Å². The Morgan fingerprint density at radius 1 is 1.25 bits per heavy atom. The van der Waals surface area contributed by atoms with Gasteiger partial charge in [0, 0.05) is 10.5 Å². The van der Waals surface area contributed by atoms with Crippen LogP contribution in [0.5, 0.6) is 11.5 Å². The molecule has 0 saturated heterocycles. The topological polar surface area (TPSA) is 69.4 Å². The van der Waals surface area contributed by atoms with Gasteiger partial charge in [0.1, 0.15) is 11.5 Å². The first-order chi connectivity index (χ1) is 9.52. The Morgan fingerprint density at radius 3 is 2.65 bits per heavy atom. The zero-order valence-corrected chi connectivity index (χ0v) is 12.1. The van der Waals surface area contributed by atoms with E-state index in [0.717, 1.165) is 4.47 Å². The predicted octanol–water partition coefficient (Wildman–Crippen LogP) is 4.27. The van der Waals surface area contributed by atoms with Crippen molar-refractivity contribution in [2.45, 2.75) is 6.92 Å². The zero-order valence-electron chi connectivity index (χ0n) is 10.5. The van der Waals surface area contributed by atoms with Crippen molar-refractivity contribution >= 4 is 27.9 Å². The smallest absolute Gasteiger partial charge is 0.276 e. The molecule has 5 nitrogen and oxygen atoms in total. The van der Waals surface area contributed by atoms with Crippen LogP contribution in [0.3, 0.4) is 0 Å². The fraction of sp³-hybridized carbons (Fsp3) is 0.0714. The van der Waals surface area contributed by atoms with Crippen molar-refractivity contribution in [2.24, 2.45) is 0 Å². The first kappa shape index (κ1) is 14.2. The molecule has 0 spiro atoms. The van der Waals surface area contributed by atoms with Crippen LogP contribution >= 0.6 is 15.9 Å². The van der Waals surface area contributed by atoms with E-state index < -0.39 is 4.92 Å². The number of nitrogens with zero attached hydrogens (tertiary/aromatic N) is 1. The van der Waals surface area contributed by atoms with Crippen LogP contribution in [0.25, 0.3) is 0 Å². The highest BCUT2D eigenvalue weighted by molar-refractivity contribution is 9.10. The third kappa shape index (κ3) is 2.85. The Bertz CT molecular complexity index is 685. The molecule has 0 unspecified atom stereocenters. The Morgan fingerprint density at radius 2 is 2.00 bits per heavy atom. The van der Waals surface area contributed by atoms with E-state index in [0.29, 0.717) is 28.9 Å². The lowest BCUT2D eigenvalue weighted by atomic mass is 10.1. The Kier molecular flexibility index (Phi) is 4.14. The number of hydrogen-bond donors (Lipinski definition) is 0. The maximum Gasteiger partial charge on any atom is 0.276 e. The molecule has 0 aliphatic rings. The molecular formula is C14H10BrNO4. The van der Waals surface area contributed by atoms with Crippen molar-refractivity contribution in [2.75, 3.05) is 0 Å². The van der Waals surface area contributed by atoms with Crippen LogP contribution in [0.1, 0.15) is 15.9 Å². The van der Waals surface area contributed by atoms with E-state index in [1.807, 2.05) is 0 Å². The summed E-state index contributed by atoms with van der Waals surface area (Å²) >= 11 is 3.26. The summed E-state index contributed by atoms with van der Waals surface area (Å²) in [6.07, 6.45) is 0.673. The highest BCUT2D eigenvalue weighted by Crippen LogP contribution is 2.32. The second-order valence-corrected chi connectivity index (χ2v) is 4.98. The number of ether oxygens (including phenoxy) is 1. The molecule has 2 aromatic carbocycles. The number of nitro benzene ring substituents is 1. The van der Waals surface area contributed by atoms with E-state index in [4.69, 9.17) is 4.74 Å². The molecule has 0 atom stereocenters. The minimum atomic E-state index is -0.468. The van der Waals surface area contributed by atoms with Gasteiger partial charge >= 0.3 is 0 Å². The van der Waals surface area contributed by atoms with Crippen LogP contribution in [-0.2, 0) is 0 Å². The summed E-state index contributed by atoms with van der Waals surface area (Å²) in [7, 11) is 0. The second kappa shape index (κ2) is 5.83. The fourth-order valence-corrected chi connectivity index (χ4v) is 2.11. The van der Waals surface area contributed by atoms with Gasteiger partial charge in [-0.25, -0.2) is 0 Å². The fourth-order valence-electron chi connectivity index (χ4n) is 1.73. The predicted molar refractivity (Wildman–Crippen MR) is 77.4 cm³/mol. The molecule has 0 aromatic heterocycles. The lowest BCUT2D eigenvalue weighted by Crippen LogP contribution is -1.96. The average Bonchev–Trinajstić information content (AvgIpc) is 2.42. The minimum absolute atomic E-state index is 0.0211. The summed E-state index contributed by atoms with van der Waals surface area (Å²) in [5, 5.41) is 10.9. The molecule has 0 heterocycles. The molecule has 0 radical (unpaired) electrons. The Balaban J connectivity index is 2.43. The van der Waals surface area contributed by atoms with Crippen LogP contribution in [0.4, 0.5) is 5.69 Å². The number of rotatable bonds is 4. The molecule has 2 aromatic rings. The van der Waals surface area contributed by atoms with Crippen molar-refractivity contribution in [3.63, 3.8) is 0 Å². The van der Waals surface area contributed by atoms with Crippen molar-refractivity contribution < 1.29 is 14.5 Å². The lowest BCUT2D eigenvalue weighted by Gasteiger charge is -2.10. The first-order valence-electron chi connectivity index (χ1n) is 5.69. The molecule has 0 bridgehead atoms. The first-order valence-corrected chi connectivity index (χ1v) is 6.49. The van der Waals surface area contributed by atoms with Crippen LogP contribution in [-0.4, -0.2) is 11.2 Å². The van der Waals surface area contributed by atoms with Gasteiger partial charge in [-0.05, 0) is 31.2 Å². The largest absolute Gasteiger partial charge is 0.456 e. The van der Waals surface area contributed by atoms with Gasteiger partial charge in [-0.2, -0.15) is 0 Å². The molecule has 20 heavy (non-hydrogen) atoms. The van der Waals surface area contributed by atoms with Gasteiger partial charge in [0.15, 0.2) is 6.29 Å². The number of aldehydes is 1. The van der Waals surface area contributed by atoms with E-state index in [9.17, 15) is 14.9 Å². The molecule has 0 fully saturated rings. The van der Waals surface area contributed by atoms with E-state index in [2.05, 4.69) is 15.9 Å². The van der Waals surface area contributed by atoms with Gasteiger partial charge in [-0.1, -0.05) is 22.0 Å². The molecule has 0 aliphatic heterocycles. The number of halogens is 1. The quantitative estimate of drug-likeness (QED) is 0.475. The van der Waals surface area contributed by atoms with E-state index in [1.54, 1.807) is 37.3 Å². The third-order valence-electron chi connectivity index (χ3n) is 2.77. The maximum absolute atomic E-state index is 11.0. The molecule has 0 amide bonds. The Labute approximate surface area is 123 Å². The third-order valence-corrected chi connectivity index (χ3v) is 3.26. The number of carbonyl (C=O) groups is 1. The van der Waals surface area contributed by atoms with Crippen LogP contribution < -0.4 is 4.74 Å². The molecule has 102 valence electrons. The summed E-state index contributed by atoms with van der Waals surface area (Å²) in [5.41, 5.74) is 0.759. The minimum Gasteiger partial charge on any atom is -0.456 e. The number of hydrogen-bond acceptors (Lipinski definition) is 4. The molecule has 0 N–H and O–H groups in total. The van der Waals surface area contributed by atoms with Crippen molar-refractivity contribution in [3.05, 3.63) is 62.1 Å². The summed E-state index contributed by atoms with van der Waals surface area (Å²) < 4.78 is 6.37. The summed E-state index contributed by atoms with van der Waals surface area (Å²) in [6.45, 7) is 1.60. The normalized spacial score (nSPS) is 10.1. The summed E-state index contributed by atoms with van der Waals surface area (Å²) in [4.78, 5) is 21.4. The molecule has 6 heteroatoms. The van der Waals surface area contributed by atoms with Gasteiger partial charge in [-0.15, -0.1) is 0 Å². The second-order valence-electron chi connectivity index (χ2n) is 4.06. The highest BCUT2D eigenvalue weighted by Gasteiger charge is 2.15. The van der Waals surface area contributed by atoms with Gasteiger partial charge in [0.05, 0.1) is 16.1 Å². The van der Waals surface area contributed by atoms with Gasteiger partial charge in [-0.3, -0.25) is 14.9 Å². The maximum atomic E-state index is 11.0. The van der Waals surface area contributed by atoms with E-state index >= 15 is 0 Å². The number of carbonyl (C=O) groups excluding carboxylic acids is 1. The van der Waals surface area contributed by atoms with Crippen molar-refractivity contribution in [1.82, 2.24) is 0 Å². The highest BCUT2D eigenvalue weighted by atomic mass is 79.9. The zero-order chi connectivity index (χ0) is 14.7. The van der Waals surface area contributed by atoms with Gasteiger partial charge in [0.25, 0.3) is 5.69 Å². The van der Waals surface area contributed by atoms with Crippen molar-refractivity contribution in [1.29, 1.82) is 0 Å². The van der Waals surface area contributed by atoms with Gasteiger partial charge in [0.2, 0.25) is 0 Å². The lowest BCUT2D eigenvalue weighted by molar-refractivity contribution is -0.385. The number of benzene rings is 2. The Hall–Kier alpha value is -2.21. The molecule has 2 rings (SSSR count). The summed E-state index contributed by atoms with van der Waals surface area (Å²) in [6, 6.07) is 9.55. The summed E-state index contributed by atoms with van der Waals surface area (Å²) in [5.74, 6) is 0.705. The molecular weight excluding hydrogens is 326 g/mol. The van der Waals surface area contributed by atoms with Crippen molar-refractivity contribution in [3.8, 4) is 11.5 Å². The monoisotopic (exact) mass is 335 g/mol. The van der Waals surface area contributed by atoms with Crippen LogP contribution in [0.2, 0.25) is 0 Å². The molecule has 0 aliphatic carbocycles. The van der Waals surface area contributed by atoms with E-state index in [-0.39, 0.29) is 5.69 Å². The average molecular weight is 336 g/mol. The van der Waals surface area contributed by atoms with Gasteiger partial charge < -0.3 is 4.74 Å². The molecule has 0 saturated carbocycles. The van der Waals surface area contributed by atoms with Crippen LogP contribution in [0, 0.1) is 17.0 Å². The van der Waals surface area contributed by atoms with Crippen LogP contribution in [0.15, 0.2) is 40.9 Å².